The zero-order valence-electron chi connectivity index (χ0n) is 16.4. The first-order valence-corrected chi connectivity index (χ1v) is 10.3. The highest BCUT2D eigenvalue weighted by atomic mass is 16.3. The number of aromatic nitrogens is 2. The molecule has 1 aliphatic rings. The van der Waals surface area contributed by atoms with Crippen LogP contribution in [-0.4, -0.2) is 34.0 Å². The average Bonchev–Trinajstić information content (AvgIpc) is 3.47. The van der Waals surface area contributed by atoms with E-state index in [-0.39, 0.29) is 18.4 Å². The summed E-state index contributed by atoms with van der Waals surface area (Å²) in [4.78, 5) is 29.3. The number of hydrogen-bond acceptors (Lipinski definition) is 4. The van der Waals surface area contributed by atoms with Gasteiger partial charge in [-0.05, 0) is 43.5 Å². The molecule has 0 saturated heterocycles. The molecule has 152 valence electrons. The molecule has 1 saturated carbocycles. The number of nitrogens with one attached hydrogen (secondary N) is 2. The Morgan fingerprint density at radius 1 is 1.14 bits per heavy atom. The summed E-state index contributed by atoms with van der Waals surface area (Å²) in [5.74, 6) is 0.979. The maximum absolute atomic E-state index is 12.6. The van der Waals surface area contributed by atoms with Crippen LogP contribution in [0.3, 0.4) is 0 Å². The van der Waals surface area contributed by atoms with Gasteiger partial charge in [0.1, 0.15) is 12.4 Å². The summed E-state index contributed by atoms with van der Waals surface area (Å²) in [6, 6.07) is 11.5. The van der Waals surface area contributed by atoms with E-state index in [1.165, 1.54) is 19.1 Å². The van der Waals surface area contributed by atoms with E-state index in [0.717, 1.165) is 36.1 Å². The lowest BCUT2D eigenvalue weighted by Crippen LogP contribution is -2.35. The Morgan fingerprint density at radius 3 is 2.76 bits per heavy atom. The molecule has 0 bridgehead atoms. The third kappa shape index (κ3) is 4.67. The van der Waals surface area contributed by atoms with E-state index in [0.29, 0.717) is 24.8 Å². The number of benzene rings is 1. The fourth-order valence-electron chi connectivity index (χ4n) is 3.92. The van der Waals surface area contributed by atoms with Gasteiger partial charge in [0.15, 0.2) is 5.76 Å². The summed E-state index contributed by atoms with van der Waals surface area (Å²) >= 11 is 0. The van der Waals surface area contributed by atoms with Gasteiger partial charge in [-0.15, -0.1) is 0 Å². The van der Waals surface area contributed by atoms with E-state index in [9.17, 15) is 9.59 Å². The summed E-state index contributed by atoms with van der Waals surface area (Å²) < 4.78 is 7.09. The lowest BCUT2D eigenvalue weighted by atomic mass is 10.2. The van der Waals surface area contributed by atoms with E-state index in [2.05, 4.69) is 10.6 Å². The summed E-state index contributed by atoms with van der Waals surface area (Å²) in [6.45, 7) is 0.780. The van der Waals surface area contributed by atoms with Crippen molar-refractivity contribution in [1.29, 1.82) is 0 Å². The van der Waals surface area contributed by atoms with E-state index in [4.69, 9.17) is 9.40 Å². The van der Waals surface area contributed by atoms with Gasteiger partial charge in [0, 0.05) is 19.0 Å². The molecule has 1 aliphatic carbocycles. The largest absolute Gasteiger partial charge is 0.459 e. The minimum absolute atomic E-state index is 0.0347. The molecule has 2 amide bonds. The number of fused-ring (bicyclic) bond motifs is 1. The second-order valence-electron chi connectivity index (χ2n) is 7.49. The van der Waals surface area contributed by atoms with Crippen molar-refractivity contribution >= 4 is 22.8 Å². The van der Waals surface area contributed by atoms with Crippen LogP contribution < -0.4 is 10.6 Å². The number of para-hydroxylation sites is 2. The molecule has 29 heavy (non-hydrogen) atoms. The van der Waals surface area contributed by atoms with Crippen molar-refractivity contribution in [2.75, 3.05) is 6.54 Å². The highest BCUT2D eigenvalue weighted by Crippen LogP contribution is 2.19. The van der Waals surface area contributed by atoms with Crippen LogP contribution in [0.15, 0.2) is 47.1 Å². The Labute approximate surface area is 169 Å². The number of carbonyl (C=O) groups is 2. The van der Waals surface area contributed by atoms with E-state index < -0.39 is 0 Å². The molecule has 2 N–H and O–H groups in total. The maximum atomic E-state index is 12.6. The van der Waals surface area contributed by atoms with Crippen molar-refractivity contribution in [1.82, 2.24) is 20.2 Å². The fourth-order valence-corrected chi connectivity index (χ4v) is 3.92. The number of furan rings is 1. The predicted molar refractivity (Wildman–Crippen MR) is 109 cm³/mol. The fraction of sp³-hybridized carbons (Fsp3) is 0.409. The molecule has 0 atom stereocenters. The van der Waals surface area contributed by atoms with Crippen LogP contribution in [0.1, 0.15) is 48.5 Å². The molecular weight excluding hydrogens is 368 g/mol. The molecule has 3 aromatic rings. The Morgan fingerprint density at radius 2 is 1.97 bits per heavy atom. The van der Waals surface area contributed by atoms with E-state index >= 15 is 0 Å². The van der Waals surface area contributed by atoms with Crippen LogP contribution in [0.25, 0.3) is 11.0 Å². The van der Waals surface area contributed by atoms with Crippen molar-refractivity contribution in [2.45, 2.75) is 51.1 Å². The SMILES string of the molecule is O=C(Cn1c(CCCNC(=O)c2ccco2)nc2ccccc21)NC1CCCC1. The molecule has 7 heteroatoms. The molecule has 0 aliphatic heterocycles. The lowest BCUT2D eigenvalue weighted by Gasteiger charge is -2.14. The molecule has 0 unspecified atom stereocenters. The first-order chi connectivity index (χ1) is 14.2. The van der Waals surface area contributed by atoms with Gasteiger partial charge in [-0.1, -0.05) is 25.0 Å². The number of hydrogen-bond donors (Lipinski definition) is 2. The van der Waals surface area contributed by atoms with Crippen LogP contribution in [0, 0.1) is 0 Å². The number of imidazole rings is 1. The van der Waals surface area contributed by atoms with Gasteiger partial charge in [0.05, 0.1) is 17.3 Å². The van der Waals surface area contributed by atoms with E-state index in [1.807, 2.05) is 28.8 Å². The van der Waals surface area contributed by atoms with Crippen LogP contribution in [-0.2, 0) is 17.8 Å². The Bertz CT molecular complexity index is 971. The smallest absolute Gasteiger partial charge is 0.286 e. The van der Waals surface area contributed by atoms with Crippen molar-refractivity contribution in [3.8, 4) is 0 Å². The summed E-state index contributed by atoms with van der Waals surface area (Å²) in [5, 5.41) is 6.00. The Hall–Kier alpha value is -3.09. The standard InChI is InChI=1S/C22H26N4O3/c27-21(24-16-7-1-2-8-16)15-26-18-10-4-3-9-17(18)25-20(26)12-5-13-23-22(28)19-11-6-14-29-19/h3-4,6,9-11,14,16H,1-2,5,7-8,12-13,15H2,(H,23,28)(H,24,27). The molecule has 2 aromatic heterocycles. The van der Waals surface area contributed by atoms with Gasteiger partial charge in [-0.25, -0.2) is 4.98 Å². The van der Waals surface area contributed by atoms with Crippen molar-refractivity contribution < 1.29 is 14.0 Å². The molecule has 1 fully saturated rings. The maximum Gasteiger partial charge on any atom is 0.286 e. The first kappa shape index (κ1) is 19.2. The topological polar surface area (TPSA) is 89.2 Å². The lowest BCUT2D eigenvalue weighted by molar-refractivity contribution is -0.122. The third-order valence-electron chi connectivity index (χ3n) is 5.36. The van der Waals surface area contributed by atoms with Crippen molar-refractivity contribution in [3.63, 3.8) is 0 Å². The minimum atomic E-state index is -0.223. The summed E-state index contributed by atoms with van der Waals surface area (Å²) in [6.07, 6.45) is 7.39. The van der Waals surface area contributed by atoms with Gasteiger partial charge < -0.3 is 19.6 Å². The molecule has 1 aromatic carbocycles. The average molecular weight is 394 g/mol. The highest BCUT2D eigenvalue weighted by Gasteiger charge is 2.19. The highest BCUT2D eigenvalue weighted by molar-refractivity contribution is 5.91. The van der Waals surface area contributed by atoms with Crippen LogP contribution in [0.5, 0.6) is 0 Å². The minimum Gasteiger partial charge on any atom is -0.459 e. The number of rotatable bonds is 8. The summed E-state index contributed by atoms with van der Waals surface area (Å²) in [7, 11) is 0. The summed E-state index contributed by atoms with van der Waals surface area (Å²) in [5.41, 5.74) is 1.85. The second kappa shape index (κ2) is 8.94. The molecule has 7 nitrogen and oxygen atoms in total. The predicted octanol–water partition coefficient (Wildman–Crippen LogP) is 3.05. The zero-order valence-corrected chi connectivity index (χ0v) is 16.4. The first-order valence-electron chi connectivity index (χ1n) is 10.3. The van der Waals surface area contributed by atoms with Gasteiger partial charge >= 0.3 is 0 Å². The Kier molecular flexibility index (Phi) is 5.93. The van der Waals surface area contributed by atoms with Crippen LogP contribution >= 0.6 is 0 Å². The zero-order chi connectivity index (χ0) is 20.1. The number of carbonyl (C=O) groups excluding carboxylic acids is 2. The van der Waals surface area contributed by atoms with Gasteiger partial charge in [0.2, 0.25) is 5.91 Å². The quantitative estimate of drug-likeness (QED) is 0.575. The molecular formula is C22H26N4O3. The number of amides is 2. The third-order valence-corrected chi connectivity index (χ3v) is 5.36. The molecule has 2 heterocycles. The number of nitrogens with zero attached hydrogens (tertiary/aromatic N) is 2. The molecule has 0 radical (unpaired) electrons. The van der Waals surface area contributed by atoms with Crippen LogP contribution in [0.4, 0.5) is 0 Å². The number of aryl methyl sites for hydroxylation is 1. The molecule has 0 spiro atoms. The van der Waals surface area contributed by atoms with Gasteiger partial charge in [-0.2, -0.15) is 0 Å². The second-order valence-corrected chi connectivity index (χ2v) is 7.49. The van der Waals surface area contributed by atoms with Gasteiger partial charge in [0.25, 0.3) is 5.91 Å². The monoisotopic (exact) mass is 394 g/mol. The van der Waals surface area contributed by atoms with Crippen LogP contribution in [0.2, 0.25) is 0 Å². The van der Waals surface area contributed by atoms with E-state index in [1.54, 1.807) is 12.1 Å². The van der Waals surface area contributed by atoms with Crippen molar-refractivity contribution in [2.24, 2.45) is 0 Å². The Balaban J connectivity index is 1.39. The van der Waals surface area contributed by atoms with Gasteiger partial charge in [-0.3, -0.25) is 9.59 Å². The van der Waals surface area contributed by atoms with Crippen molar-refractivity contribution in [3.05, 3.63) is 54.2 Å². The normalized spacial score (nSPS) is 14.3. The molecule has 4 rings (SSSR count).